The molecule has 1 amide bonds. The Morgan fingerprint density at radius 2 is 2.14 bits per heavy atom. The quantitative estimate of drug-likeness (QED) is 0.687. The Kier molecular flexibility index (Phi) is 5.34. The van der Waals surface area contributed by atoms with Crippen LogP contribution in [0.25, 0.3) is 0 Å². The minimum atomic E-state index is -0.299. The van der Waals surface area contributed by atoms with Gasteiger partial charge in [-0.2, -0.15) is 5.26 Å². The van der Waals surface area contributed by atoms with E-state index >= 15 is 0 Å². The van der Waals surface area contributed by atoms with Gasteiger partial charge >= 0.3 is 5.97 Å². The second-order valence-corrected chi connectivity index (χ2v) is 6.04. The van der Waals surface area contributed by atoms with E-state index in [2.05, 4.69) is 5.32 Å². The Morgan fingerprint density at radius 1 is 1.38 bits per heavy atom. The molecule has 0 aliphatic heterocycles. The molecule has 1 N–H and O–H groups in total. The van der Waals surface area contributed by atoms with E-state index in [1.165, 1.54) is 18.4 Å². The molecule has 0 radical (unpaired) electrons. The third-order valence-electron chi connectivity index (χ3n) is 3.83. The van der Waals surface area contributed by atoms with Crippen LogP contribution in [0, 0.1) is 17.2 Å². The van der Waals surface area contributed by atoms with Gasteiger partial charge in [-0.05, 0) is 24.3 Å². The maximum absolute atomic E-state index is 12.3. The van der Waals surface area contributed by atoms with Crippen LogP contribution in [0.5, 0.6) is 0 Å². The highest BCUT2D eigenvalue weighted by Gasteiger charge is 2.32. The fourth-order valence-electron chi connectivity index (χ4n) is 2.72. The van der Waals surface area contributed by atoms with Crippen LogP contribution in [0.2, 0.25) is 0 Å². The Bertz CT molecular complexity index is 562. The number of nitrogens with zero attached hydrogens (tertiary/aromatic N) is 1. The SMILES string of the molecule is COC(=O)[C@H]1CCCCC[C@@H]1NC(=O)c1sccc1C#N. The van der Waals surface area contributed by atoms with Gasteiger partial charge in [-0.15, -0.1) is 11.3 Å². The average molecular weight is 306 g/mol. The summed E-state index contributed by atoms with van der Waals surface area (Å²) in [5, 5.41) is 13.6. The van der Waals surface area contributed by atoms with Gasteiger partial charge in [0.05, 0.1) is 18.6 Å². The molecule has 2 rings (SSSR count). The lowest BCUT2D eigenvalue weighted by atomic mass is 9.94. The number of carbonyl (C=O) groups excluding carboxylic acids is 2. The molecule has 2 atom stereocenters. The topological polar surface area (TPSA) is 79.2 Å². The minimum Gasteiger partial charge on any atom is -0.469 e. The van der Waals surface area contributed by atoms with Crippen molar-refractivity contribution in [2.45, 2.75) is 38.1 Å². The molecule has 0 bridgehead atoms. The van der Waals surface area contributed by atoms with Crippen LogP contribution >= 0.6 is 11.3 Å². The van der Waals surface area contributed by atoms with Gasteiger partial charge in [0, 0.05) is 6.04 Å². The molecular weight excluding hydrogens is 288 g/mol. The molecule has 1 aliphatic carbocycles. The van der Waals surface area contributed by atoms with Crippen LogP contribution in [-0.2, 0) is 9.53 Å². The zero-order valence-electron chi connectivity index (χ0n) is 11.9. The summed E-state index contributed by atoms with van der Waals surface area (Å²) >= 11 is 1.24. The summed E-state index contributed by atoms with van der Waals surface area (Å²) in [6, 6.07) is 3.42. The first-order valence-electron chi connectivity index (χ1n) is 7.03. The van der Waals surface area contributed by atoms with Crippen molar-refractivity contribution in [1.82, 2.24) is 5.32 Å². The number of nitriles is 1. The molecule has 1 saturated carbocycles. The number of esters is 1. The smallest absolute Gasteiger partial charge is 0.310 e. The summed E-state index contributed by atoms with van der Waals surface area (Å²) < 4.78 is 4.85. The lowest BCUT2D eigenvalue weighted by Gasteiger charge is -2.23. The van der Waals surface area contributed by atoms with E-state index in [9.17, 15) is 9.59 Å². The third kappa shape index (κ3) is 3.61. The monoisotopic (exact) mass is 306 g/mol. The number of ether oxygens (including phenoxy) is 1. The van der Waals surface area contributed by atoms with E-state index in [1.54, 1.807) is 11.4 Å². The lowest BCUT2D eigenvalue weighted by Crippen LogP contribution is -2.43. The van der Waals surface area contributed by atoms with Gasteiger partial charge in [0.15, 0.2) is 0 Å². The van der Waals surface area contributed by atoms with E-state index in [1.807, 2.05) is 6.07 Å². The van der Waals surface area contributed by atoms with Gasteiger partial charge in [-0.1, -0.05) is 19.3 Å². The summed E-state index contributed by atoms with van der Waals surface area (Å²) in [5.74, 6) is -0.844. The molecule has 112 valence electrons. The fourth-order valence-corrected chi connectivity index (χ4v) is 3.47. The van der Waals surface area contributed by atoms with Crippen molar-refractivity contribution in [3.8, 4) is 6.07 Å². The van der Waals surface area contributed by atoms with E-state index in [0.717, 1.165) is 32.1 Å². The molecule has 0 spiro atoms. The minimum absolute atomic E-state index is 0.221. The normalized spacial score (nSPS) is 21.9. The van der Waals surface area contributed by atoms with Crippen molar-refractivity contribution in [3.05, 3.63) is 21.9 Å². The molecule has 21 heavy (non-hydrogen) atoms. The molecule has 0 saturated heterocycles. The maximum atomic E-state index is 12.3. The zero-order chi connectivity index (χ0) is 15.2. The largest absolute Gasteiger partial charge is 0.469 e. The second kappa shape index (κ2) is 7.23. The molecular formula is C15H18N2O3S. The number of thiophene rings is 1. The van der Waals surface area contributed by atoms with Crippen LogP contribution < -0.4 is 5.32 Å². The predicted octanol–water partition coefficient (Wildman–Crippen LogP) is 2.47. The van der Waals surface area contributed by atoms with Crippen molar-refractivity contribution >= 4 is 23.2 Å². The van der Waals surface area contributed by atoms with E-state index in [-0.39, 0.29) is 23.8 Å². The molecule has 1 aromatic rings. The Balaban J connectivity index is 2.13. The highest BCUT2D eigenvalue weighted by molar-refractivity contribution is 7.12. The summed E-state index contributed by atoms with van der Waals surface area (Å²) in [7, 11) is 1.37. The number of carbonyl (C=O) groups is 2. The van der Waals surface area contributed by atoms with Crippen molar-refractivity contribution in [2.24, 2.45) is 5.92 Å². The fraction of sp³-hybridized carbons (Fsp3) is 0.533. The van der Waals surface area contributed by atoms with Crippen molar-refractivity contribution in [2.75, 3.05) is 7.11 Å². The lowest BCUT2D eigenvalue weighted by molar-refractivity contribution is -0.146. The van der Waals surface area contributed by atoms with Gasteiger partial charge in [-0.25, -0.2) is 0 Å². The maximum Gasteiger partial charge on any atom is 0.310 e. The first-order valence-corrected chi connectivity index (χ1v) is 7.91. The third-order valence-corrected chi connectivity index (χ3v) is 4.74. The van der Waals surface area contributed by atoms with Gasteiger partial charge in [0.25, 0.3) is 5.91 Å². The first kappa shape index (κ1) is 15.5. The molecule has 1 heterocycles. The molecule has 1 aromatic heterocycles. The Hall–Kier alpha value is -1.87. The number of rotatable bonds is 3. The van der Waals surface area contributed by atoms with Crippen LogP contribution in [0.3, 0.4) is 0 Å². The zero-order valence-corrected chi connectivity index (χ0v) is 12.7. The van der Waals surface area contributed by atoms with Crippen molar-refractivity contribution in [1.29, 1.82) is 5.26 Å². The number of amides is 1. The van der Waals surface area contributed by atoms with E-state index in [0.29, 0.717) is 10.4 Å². The van der Waals surface area contributed by atoms with Crippen LogP contribution in [0.4, 0.5) is 0 Å². The summed E-state index contributed by atoms with van der Waals surface area (Å²) in [6.07, 6.45) is 4.50. The van der Waals surface area contributed by atoms with Crippen LogP contribution in [-0.4, -0.2) is 25.0 Å². The van der Waals surface area contributed by atoms with Gasteiger partial charge < -0.3 is 10.1 Å². The average Bonchev–Trinajstić information content (AvgIpc) is 2.86. The first-order chi connectivity index (χ1) is 10.2. The highest BCUT2D eigenvalue weighted by Crippen LogP contribution is 2.25. The van der Waals surface area contributed by atoms with Crippen LogP contribution in [0.1, 0.15) is 47.3 Å². The predicted molar refractivity (Wildman–Crippen MR) is 78.9 cm³/mol. The van der Waals surface area contributed by atoms with Crippen molar-refractivity contribution < 1.29 is 14.3 Å². The summed E-state index contributed by atoms with van der Waals surface area (Å²) in [5.41, 5.74) is 0.376. The molecule has 1 aliphatic rings. The summed E-state index contributed by atoms with van der Waals surface area (Å²) in [4.78, 5) is 24.6. The van der Waals surface area contributed by atoms with Crippen molar-refractivity contribution in [3.63, 3.8) is 0 Å². The number of nitrogens with one attached hydrogen (secondary N) is 1. The Morgan fingerprint density at radius 3 is 2.86 bits per heavy atom. The van der Waals surface area contributed by atoms with Gasteiger partial charge in [0.2, 0.25) is 0 Å². The van der Waals surface area contributed by atoms with Crippen LogP contribution in [0.15, 0.2) is 11.4 Å². The second-order valence-electron chi connectivity index (χ2n) is 5.12. The molecule has 6 heteroatoms. The number of hydrogen-bond donors (Lipinski definition) is 1. The highest BCUT2D eigenvalue weighted by atomic mass is 32.1. The molecule has 0 unspecified atom stereocenters. The number of hydrogen-bond acceptors (Lipinski definition) is 5. The molecule has 0 aromatic carbocycles. The molecule has 5 nitrogen and oxygen atoms in total. The summed E-state index contributed by atoms with van der Waals surface area (Å²) in [6.45, 7) is 0. The standard InChI is InChI=1S/C15H18N2O3S/c1-20-15(19)11-5-3-2-4-6-12(11)17-14(18)13-10(9-16)7-8-21-13/h7-8,11-12H,2-6H2,1H3,(H,17,18)/t11-,12-/m0/s1. The van der Waals surface area contributed by atoms with E-state index in [4.69, 9.17) is 10.00 Å². The number of methoxy groups -OCH3 is 1. The van der Waals surface area contributed by atoms with Gasteiger partial charge in [0.1, 0.15) is 10.9 Å². The molecule has 1 fully saturated rings. The van der Waals surface area contributed by atoms with E-state index < -0.39 is 0 Å². The van der Waals surface area contributed by atoms with Gasteiger partial charge in [-0.3, -0.25) is 9.59 Å². The Labute approximate surface area is 127 Å².